The molecule has 0 bridgehead atoms. The van der Waals surface area contributed by atoms with Crippen LogP contribution in [-0.2, 0) is 16.1 Å². The van der Waals surface area contributed by atoms with Gasteiger partial charge in [-0.1, -0.05) is 0 Å². The molecule has 3 heterocycles. The highest BCUT2D eigenvalue weighted by Crippen LogP contribution is 2.28. The summed E-state index contributed by atoms with van der Waals surface area (Å²) in [6.07, 6.45) is 2.76. The number of ether oxygens (including phenoxy) is 3. The number of methoxy groups -OCH3 is 2. The molecule has 0 spiro atoms. The SMILES string of the molecule is COc1ccc(NC(=O)Cn2cnc3nc(N4CCOCC4)ncc3c2=O)c(OC)c1. The third-order valence-electron chi connectivity index (χ3n) is 4.86. The van der Waals surface area contributed by atoms with Crippen molar-refractivity contribution in [2.75, 3.05) is 50.7 Å². The molecular formula is C20H22N6O5. The van der Waals surface area contributed by atoms with Gasteiger partial charge in [0.1, 0.15) is 29.8 Å². The normalized spacial score (nSPS) is 13.8. The van der Waals surface area contributed by atoms with Crippen molar-refractivity contribution in [3.05, 3.63) is 41.1 Å². The van der Waals surface area contributed by atoms with Crippen LogP contribution in [0.4, 0.5) is 11.6 Å². The maximum atomic E-state index is 12.8. The average molecular weight is 426 g/mol. The second-order valence-corrected chi connectivity index (χ2v) is 6.80. The van der Waals surface area contributed by atoms with Crippen LogP contribution in [0.2, 0.25) is 0 Å². The van der Waals surface area contributed by atoms with Crippen LogP contribution in [0.3, 0.4) is 0 Å². The van der Waals surface area contributed by atoms with Crippen LogP contribution in [0.1, 0.15) is 0 Å². The zero-order chi connectivity index (χ0) is 21.8. The number of carbonyl (C=O) groups is 1. The fraction of sp³-hybridized carbons (Fsp3) is 0.350. The van der Waals surface area contributed by atoms with Gasteiger partial charge < -0.3 is 24.4 Å². The first-order valence-electron chi connectivity index (χ1n) is 9.66. The summed E-state index contributed by atoms with van der Waals surface area (Å²) in [4.78, 5) is 40.2. The third kappa shape index (κ3) is 4.40. The molecule has 1 amide bonds. The largest absolute Gasteiger partial charge is 0.497 e. The number of aromatic nitrogens is 4. The predicted molar refractivity (Wildman–Crippen MR) is 113 cm³/mol. The monoisotopic (exact) mass is 426 g/mol. The Labute approximate surface area is 177 Å². The number of amides is 1. The Morgan fingerprint density at radius 1 is 1.19 bits per heavy atom. The van der Waals surface area contributed by atoms with Gasteiger partial charge in [0.2, 0.25) is 11.9 Å². The van der Waals surface area contributed by atoms with Crippen LogP contribution in [-0.4, -0.2) is 65.9 Å². The molecule has 0 aliphatic carbocycles. The van der Waals surface area contributed by atoms with E-state index in [2.05, 4.69) is 20.3 Å². The van der Waals surface area contributed by atoms with Crippen LogP contribution in [0.15, 0.2) is 35.5 Å². The van der Waals surface area contributed by atoms with Crippen molar-refractivity contribution in [3.63, 3.8) is 0 Å². The molecule has 11 nitrogen and oxygen atoms in total. The van der Waals surface area contributed by atoms with E-state index in [1.54, 1.807) is 25.3 Å². The van der Waals surface area contributed by atoms with Gasteiger partial charge in [-0.25, -0.2) is 9.97 Å². The lowest BCUT2D eigenvalue weighted by Crippen LogP contribution is -2.37. The number of anilines is 2. The van der Waals surface area contributed by atoms with Gasteiger partial charge in [0, 0.05) is 25.4 Å². The Kier molecular flexibility index (Phi) is 5.94. The van der Waals surface area contributed by atoms with Crippen molar-refractivity contribution in [2.45, 2.75) is 6.54 Å². The number of nitrogens with one attached hydrogen (secondary N) is 1. The number of benzene rings is 1. The highest BCUT2D eigenvalue weighted by Gasteiger charge is 2.16. The molecule has 0 unspecified atom stereocenters. The van der Waals surface area contributed by atoms with E-state index in [-0.39, 0.29) is 17.6 Å². The first-order valence-corrected chi connectivity index (χ1v) is 9.66. The molecule has 1 aliphatic heterocycles. The van der Waals surface area contributed by atoms with E-state index in [9.17, 15) is 9.59 Å². The van der Waals surface area contributed by atoms with E-state index in [4.69, 9.17) is 14.2 Å². The van der Waals surface area contributed by atoms with E-state index >= 15 is 0 Å². The van der Waals surface area contributed by atoms with E-state index in [0.717, 1.165) is 0 Å². The number of rotatable bonds is 6. The summed E-state index contributed by atoms with van der Waals surface area (Å²) >= 11 is 0. The van der Waals surface area contributed by atoms with Gasteiger partial charge in [-0.2, -0.15) is 4.98 Å². The maximum absolute atomic E-state index is 12.8. The number of nitrogens with zero attached hydrogens (tertiary/aromatic N) is 5. The van der Waals surface area contributed by atoms with Gasteiger partial charge in [-0.05, 0) is 12.1 Å². The van der Waals surface area contributed by atoms with Crippen molar-refractivity contribution in [3.8, 4) is 11.5 Å². The summed E-state index contributed by atoms with van der Waals surface area (Å²) < 4.78 is 17.0. The fourth-order valence-corrected chi connectivity index (χ4v) is 3.22. The lowest BCUT2D eigenvalue weighted by Gasteiger charge is -2.26. The summed E-state index contributed by atoms with van der Waals surface area (Å²) in [5, 5.41) is 2.98. The molecule has 31 heavy (non-hydrogen) atoms. The smallest absolute Gasteiger partial charge is 0.264 e. The van der Waals surface area contributed by atoms with Gasteiger partial charge in [0.15, 0.2) is 5.65 Å². The lowest BCUT2D eigenvalue weighted by molar-refractivity contribution is -0.116. The quantitative estimate of drug-likeness (QED) is 0.606. The van der Waals surface area contributed by atoms with Gasteiger partial charge in [0.05, 0.1) is 33.1 Å². The Morgan fingerprint density at radius 2 is 2.00 bits per heavy atom. The number of morpholine rings is 1. The summed E-state index contributed by atoms with van der Waals surface area (Å²) in [6.45, 7) is 2.34. The molecule has 11 heteroatoms. The van der Waals surface area contributed by atoms with Crippen molar-refractivity contribution < 1.29 is 19.0 Å². The second-order valence-electron chi connectivity index (χ2n) is 6.80. The van der Waals surface area contributed by atoms with Crippen molar-refractivity contribution in [2.24, 2.45) is 0 Å². The van der Waals surface area contributed by atoms with Gasteiger partial charge in [0.25, 0.3) is 5.56 Å². The van der Waals surface area contributed by atoms with E-state index < -0.39 is 11.5 Å². The second kappa shape index (κ2) is 8.96. The number of hydrogen-bond donors (Lipinski definition) is 1. The average Bonchev–Trinajstić information content (AvgIpc) is 2.81. The van der Waals surface area contributed by atoms with Gasteiger partial charge >= 0.3 is 0 Å². The zero-order valence-electron chi connectivity index (χ0n) is 17.2. The van der Waals surface area contributed by atoms with Crippen LogP contribution in [0.5, 0.6) is 11.5 Å². The first-order chi connectivity index (χ1) is 15.1. The van der Waals surface area contributed by atoms with E-state index in [0.29, 0.717) is 49.4 Å². The molecule has 4 rings (SSSR count). The van der Waals surface area contributed by atoms with Crippen LogP contribution in [0, 0.1) is 0 Å². The van der Waals surface area contributed by atoms with Crippen LogP contribution >= 0.6 is 0 Å². The number of fused-ring (bicyclic) bond motifs is 1. The molecular weight excluding hydrogens is 404 g/mol. The number of hydrogen-bond acceptors (Lipinski definition) is 9. The lowest BCUT2D eigenvalue weighted by atomic mass is 10.2. The summed E-state index contributed by atoms with van der Waals surface area (Å²) in [5.41, 5.74) is 0.360. The molecule has 1 aromatic carbocycles. The van der Waals surface area contributed by atoms with E-state index in [1.165, 1.54) is 24.2 Å². The van der Waals surface area contributed by atoms with Crippen molar-refractivity contribution >= 4 is 28.6 Å². The zero-order valence-corrected chi connectivity index (χ0v) is 17.2. The standard InChI is InChI=1S/C20H22N6O5/c1-29-13-3-4-15(16(9-13)30-2)23-17(27)11-26-12-22-18-14(19(26)28)10-21-20(24-18)25-5-7-31-8-6-25/h3-4,9-10,12H,5-8,11H2,1-2H3,(H,23,27). The third-order valence-corrected chi connectivity index (χ3v) is 4.86. The minimum atomic E-state index is -0.405. The van der Waals surface area contributed by atoms with Crippen LogP contribution < -0.4 is 25.2 Å². The summed E-state index contributed by atoms with van der Waals surface area (Å²) in [7, 11) is 3.03. The minimum absolute atomic E-state index is 0.220. The predicted octanol–water partition coefficient (Wildman–Crippen LogP) is 0.679. The first kappa shape index (κ1) is 20.5. The van der Waals surface area contributed by atoms with Gasteiger partial charge in [-0.3, -0.25) is 14.2 Å². The Morgan fingerprint density at radius 3 is 2.74 bits per heavy atom. The molecule has 0 radical (unpaired) electrons. The Hall–Kier alpha value is -3.73. The summed E-state index contributed by atoms with van der Waals surface area (Å²) in [6, 6.07) is 5.02. The van der Waals surface area contributed by atoms with Crippen molar-refractivity contribution in [1.29, 1.82) is 0 Å². The molecule has 1 saturated heterocycles. The van der Waals surface area contributed by atoms with Crippen molar-refractivity contribution in [1.82, 2.24) is 19.5 Å². The maximum Gasteiger partial charge on any atom is 0.264 e. The molecule has 0 atom stereocenters. The van der Waals surface area contributed by atoms with Crippen LogP contribution in [0.25, 0.3) is 11.0 Å². The molecule has 162 valence electrons. The highest BCUT2D eigenvalue weighted by atomic mass is 16.5. The Bertz CT molecular complexity index is 1160. The molecule has 1 aliphatic rings. The van der Waals surface area contributed by atoms with Gasteiger partial charge in [-0.15, -0.1) is 0 Å². The molecule has 2 aromatic heterocycles. The molecule has 1 fully saturated rings. The van der Waals surface area contributed by atoms with E-state index in [1.807, 2.05) is 4.90 Å². The molecule has 0 saturated carbocycles. The molecule has 1 N–H and O–H groups in total. The minimum Gasteiger partial charge on any atom is -0.497 e. The highest BCUT2D eigenvalue weighted by molar-refractivity contribution is 5.92. The Balaban J connectivity index is 1.52. The fourth-order valence-electron chi connectivity index (χ4n) is 3.22. The molecule has 3 aromatic rings. The topological polar surface area (TPSA) is 121 Å². The number of carbonyl (C=O) groups excluding carboxylic acids is 1. The summed E-state index contributed by atoms with van der Waals surface area (Å²) in [5.74, 6) is 1.14.